The van der Waals surface area contributed by atoms with E-state index in [1.54, 1.807) is 0 Å². The molecule has 0 radical (unpaired) electrons. The molecule has 0 amide bonds. The van der Waals surface area contributed by atoms with Crippen molar-refractivity contribution in [3.05, 3.63) is 19.2 Å². The van der Waals surface area contributed by atoms with E-state index in [1.165, 1.54) is 11.3 Å². The summed E-state index contributed by atoms with van der Waals surface area (Å²) in [5.74, 6) is 0. The molecule has 1 heterocycles. The smallest absolute Gasteiger partial charge is 0.120 e. The third-order valence-corrected chi connectivity index (χ3v) is 4.22. The molecule has 46 valence electrons. The summed E-state index contributed by atoms with van der Waals surface area (Å²) < 4.78 is 1.80. The minimum absolute atomic E-state index is 0.710. The minimum atomic E-state index is 0.710. The molecule has 0 aliphatic rings. The van der Waals surface area contributed by atoms with E-state index in [0.717, 1.165) is 8.95 Å². The molecule has 0 unspecified atom stereocenters. The van der Waals surface area contributed by atoms with Crippen LogP contribution in [-0.4, -0.2) is 0 Å². The van der Waals surface area contributed by atoms with Crippen LogP contribution >= 0.6 is 43.2 Å². The standard InChI is InChI=1S/C5HBr2NS/c6-3-2-9-4(1-8)5(3)7/h2H. The van der Waals surface area contributed by atoms with Gasteiger partial charge in [-0.15, -0.1) is 11.3 Å². The normalized spacial score (nSPS) is 9.00. The topological polar surface area (TPSA) is 23.8 Å². The zero-order chi connectivity index (χ0) is 6.85. The molecule has 9 heavy (non-hydrogen) atoms. The van der Waals surface area contributed by atoms with Gasteiger partial charge in [0.15, 0.2) is 0 Å². The number of rotatable bonds is 0. The van der Waals surface area contributed by atoms with Crippen LogP contribution < -0.4 is 0 Å². The first-order chi connectivity index (χ1) is 4.25. The molecular formula is C5HBr2NS. The Kier molecular flexibility index (Phi) is 2.28. The Labute approximate surface area is 73.6 Å². The van der Waals surface area contributed by atoms with Crippen LogP contribution in [0, 0.1) is 11.3 Å². The average Bonchev–Trinajstić information content (AvgIpc) is 2.15. The van der Waals surface area contributed by atoms with Crippen LogP contribution in [0.2, 0.25) is 0 Å². The van der Waals surface area contributed by atoms with Crippen LogP contribution in [0.3, 0.4) is 0 Å². The van der Waals surface area contributed by atoms with E-state index >= 15 is 0 Å². The summed E-state index contributed by atoms with van der Waals surface area (Å²) in [6.45, 7) is 0. The van der Waals surface area contributed by atoms with E-state index in [1.807, 2.05) is 5.38 Å². The zero-order valence-electron chi connectivity index (χ0n) is 4.19. The van der Waals surface area contributed by atoms with Crippen molar-refractivity contribution >= 4 is 43.2 Å². The van der Waals surface area contributed by atoms with E-state index < -0.39 is 0 Å². The van der Waals surface area contributed by atoms with E-state index in [2.05, 4.69) is 37.9 Å². The Morgan fingerprint density at radius 1 is 1.56 bits per heavy atom. The van der Waals surface area contributed by atoms with Gasteiger partial charge >= 0.3 is 0 Å². The molecule has 0 aliphatic carbocycles. The lowest BCUT2D eigenvalue weighted by Crippen LogP contribution is -1.61. The fourth-order valence-corrected chi connectivity index (χ4v) is 2.25. The molecule has 1 aromatic heterocycles. The lowest BCUT2D eigenvalue weighted by atomic mass is 10.5. The predicted molar refractivity (Wildman–Crippen MR) is 44.4 cm³/mol. The Morgan fingerprint density at radius 3 is 2.44 bits per heavy atom. The number of halogens is 2. The molecule has 4 heteroatoms. The first-order valence-corrected chi connectivity index (χ1v) is 4.55. The SMILES string of the molecule is N#Cc1scc(Br)c1Br. The van der Waals surface area contributed by atoms with Gasteiger partial charge in [0, 0.05) is 9.85 Å². The zero-order valence-corrected chi connectivity index (χ0v) is 8.18. The highest BCUT2D eigenvalue weighted by Gasteiger charge is 2.03. The summed E-state index contributed by atoms with van der Waals surface area (Å²) in [5.41, 5.74) is 0. The van der Waals surface area contributed by atoms with Gasteiger partial charge in [0.1, 0.15) is 10.9 Å². The van der Waals surface area contributed by atoms with Gasteiger partial charge in [-0.25, -0.2) is 0 Å². The summed E-state index contributed by atoms with van der Waals surface area (Å²) in [4.78, 5) is 0.710. The monoisotopic (exact) mass is 265 g/mol. The molecule has 1 nitrogen and oxygen atoms in total. The van der Waals surface area contributed by atoms with Gasteiger partial charge in [0.2, 0.25) is 0 Å². The van der Waals surface area contributed by atoms with Crippen LogP contribution in [0.1, 0.15) is 4.88 Å². The van der Waals surface area contributed by atoms with E-state index in [-0.39, 0.29) is 0 Å². The summed E-state index contributed by atoms with van der Waals surface area (Å²) in [5, 5.41) is 10.3. The summed E-state index contributed by atoms with van der Waals surface area (Å²) in [6, 6.07) is 2.06. The maximum atomic E-state index is 8.44. The summed E-state index contributed by atoms with van der Waals surface area (Å²) in [6.07, 6.45) is 0. The molecule has 0 bridgehead atoms. The highest BCUT2D eigenvalue weighted by atomic mass is 79.9. The van der Waals surface area contributed by atoms with Crippen molar-refractivity contribution in [1.82, 2.24) is 0 Å². The van der Waals surface area contributed by atoms with Gasteiger partial charge in [-0.3, -0.25) is 0 Å². The molecule has 0 atom stereocenters. The van der Waals surface area contributed by atoms with Gasteiger partial charge in [-0.2, -0.15) is 5.26 Å². The largest absolute Gasteiger partial charge is 0.191 e. The van der Waals surface area contributed by atoms with Crippen LogP contribution in [0.5, 0.6) is 0 Å². The molecule has 0 aliphatic heterocycles. The van der Waals surface area contributed by atoms with E-state index in [4.69, 9.17) is 5.26 Å². The Hall–Kier alpha value is 0.150. The first kappa shape index (κ1) is 7.26. The van der Waals surface area contributed by atoms with Gasteiger partial charge < -0.3 is 0 Å². The molecule has 0 saturated carbocycles. The maximum absolute atomic E-state index is 8.44. The molecule has 0 saturated heterocycles. The van der Waals surface area contributed by atoms with Gasteiger partial charge in [0.25, 0.3) is 0 Å². The second-order valence-electron chi connectivity index (χ2n) is 1.34. The van der Waals surface area contributed by atoms with Crippen molar-refractivity contribution < 1.29 is 0 Å². The molecule has 0 aromatic carbocycles. The van der Waals surface area contributed by atoms with Crippen molar-refractivity contribution in [1.29, 1.82) is 5.26 Å². The lowest BCUT2D eigenvalue weighted by Gasteiger charge is -1.80. The van der Waals surface area contributed by atoms with Crippen molar-refractivity contribution in [3.8, 4) is 6.07 Å². The third-order valence-electron chi connectivity index (χ3n) is 0.791. The van der Waals surface area contributed by atoms with Gasteiger partial charge in [-0.05, 0) is 31.9 Å². The first-order valence-electron chi connectivity index (χ1n) is 2.08. The van der Waals surface area contributed by atoms with Crippen LogP contribution in [0.4, 0.5) is 0 Å². The van der Waals surface area contributed by atoms with Crippen LogP contribution in [-0.2, 0) is 0 Å². The fraction of sp³-hybridized carbons (Fsp3) is 0. The fourth-order valence-electron chi connectivity index (χ4n) is 0.398. The molecule has 1 aromatic rings. The quantitative estimate of drug-likeness (QED) is 0.708. The highest BCUT2D eigenvalue weighted by Crippen LogP contribution is 2.31. The second kappa shape index (κ2) is 2.82. The highest BCUT2D eigenvalue weighted by molar-refractivity contribution is 9.13. The number of hydrogen-bond donors (Lipinski definition) is 0. The van der Waals surface area contributed by atoms with Crippen LogP contribution in [0.15, 0.2) is 14.3 Å². The van der Waals surface area contributed by atoms with Crippen molar-refractivity contribution in [2.75, 3.05) is 0 Å². The Morgan fingerprint density at radius 2 is 2.22 bits per heavy atom. The minimum Gasteiger partial charge on any atom is -0.191 e. The van der Waals surface area contributed by atoms with E-state index in [9.17, 15) is 0 Å². The lowest BCUT2D eigenvalue weighted by molar-refractivity contribution is 1.51. The number of nitriles is 1. The van der Waals surface area contributed by atoms with Gasteiger partial charge in [0.05, 0.1) is 4.47 Å². The van der Waals surface area contributed by atoms with E-state index in [0.29, 0.717) is 4.88 Å². The van der Waals surface area contributed by atoms with Gasteiger partial charge in [-0.1, -0.05) is 0 Å². The predicted octanol–water partition coefficient (Wildman–Crippen LogP) is 3.14. The number of hydrogen-bond acceptors (Lipinski definition) is 2. The van der Waals surface area contributed by atoms with Crippen molar-refractivity contribution in [2.45, 2.75) is 0 Å². The van der Waals surface area contributed by atoms with Crippen LogP contribution in [0.25, 0.3) is 0 Å². The number of thiophene rings is 1. The summed E-state index contributed by atoms with van der Waals surface area (Å²) in [7, 11) is 0. The van der Waals surface area contributed by atoms with Crippen molar-refractivity contribution in [3.63, 3.8) is 0 Å². The molecule has 0 spiro atoms. The average molecular weight is 267 g/mol. The third kappa shape index (κ3) is 1.34. The molecular weight excluding hydrogens is 266 g/mol. The number of nitrogens with zero attached hydrogens (tertiary/aromatic N) is 1. The molecule has 0 fully saturated rings. The second-order valence-corrected chi connectivity index (χ2v) is 3.87. The Bertz CT molecular complexity index is 260. The molecule has 0 N–H and O–H groups in total. The van der Waals surface area contributed by atoms with Crippen molar-refractivity contribution in [2.24, 2.45) is 0 Å². The molecule has 1 rings (SSSR count). The maximum Gasteiger partial charge on any atom is 0.120 e. The Balaban J connectivity index is 3.24. The summed E-state index contributed by atoms with van der Waals surface area (Å²) >= 11 is 7.94.